The van der Waals surface area contributed by atoms with Gasteiger partial charge >= 0.3 is 0 Å². The van der Waals surface area contributed by atoms with Crippen LogP contribution in [0.4, 0.5) is 0 Å². The van der Waals surface area contributed by atoms with E-state index < -0.39 is 10.0 Å². The van der Waals surface area contributed by atoms with Crippen LogP contribution in [0, 0.1) is 0 Å². The van der Waals surface area contributed by atoms with E-state index in [1.807, 2.05) is 6.92 Å². The number of sulfonamides is 1. The minimum atomic E-state index is -3.06. The first kappa shape index (κ1) is 11.2. The SMILES string of the molecule is CCCS(=O)(=O)NCC(C)Cl. The van der Waals surface area contributed by atoms with Gasteiger partial charge in [-0.25, -0.2) is 13.1 Å². The zero-order chi connectivity index (χ0) is 8.91. The molecule has 0 rings (SSSR count). The lowest BCUT2D eigenvalue weighted by Gasteiger charge is -2.05. The minimum absolute atomic E-state index is 0.151. The molecule has 11 heavy (non-hydrogen) atoms. The Labute approximate surface area is 73.2 Å². The number of hydrogen-bond acceptors (Lipinski definition) is 2. The number of hydrogen-bond donors (Lipinski definition) is 1. The van der Waals surface area contributed by atoms with E-state index in [0.717, 1.165) is 0 Å². The average molecular weight is 200 g/mol. The summed E-state index contributed by atoms with van der Waals surface area (Å²) in [6.07, 6.45) is 0.631. The van der Waals surface area contributed by atoms with Gasteiger partial charge in [-0.05, 0) is 13.3 Å². The molecule has 0 amide bonds. The van der Waals surface area contributed by atoms with Gasteiger partial charge in [-0.2, -0.15) is 0 Å². The summed E-state index contributed by atoms with van der Waals surface area (Å²) >= 11 is 5.56. The second kappa shape index (κ2) is 4.95. The molecule has 0 aromatic carbocycles. The van der Waals surface area contributed by atoms with Gasteiger partial charge in [-0.15, -0.1) is 11.6 Å². The summed E-state index contributed by atoms with van der Waals surface area (Å²) in [6.45, 7) is 3.88. The maximum atomic E-state index is 11.0. The van der Waals surface area contributed by atoms with Gasteiger partial charge in [0.25, 0.3) is 0 Å². The largest absolute Gasteiger partial charge is 0.214 e. The molecule has 0 heterocycles. The van der Waals surface area contributed by atoms with Crippen LogP contribution in [0.25, 0.3) is 0 Å². The molecule has 0 fully saturated rings. The molecule has 1 unspecified atom stereocenters. The predicted molar refractivity (Wildman–Crippen MR) is 47.4 cm³/mol. The molecule has 0 bridgehead atoms. The number of halogens is 1. The Morgan fingerprint density at radius 3 is 2.45 bits per heavy atom. The van der Waals surface area contributed by atoms with Gasteiger partial charge in [-0.1, -0.05) is 6.92 Å². The van der Waals surface area contributed by atoms with Crippen LogP contribution in [-0.2, 0) is 10.0 Å². The smallest absolute Gasteiger partial charge is 0.211 e. The third kappa shape index (κ3) is 6.59. The van der Waals surface area contributed by atoms with E-state index >= 15 is 0 Å². The molecule has 0 saturated heterocycles. The number of nitrogens with one attached hydrogen (secondary N) is 1. The third-order valence-electron chi connectivity index (χ3n) is 1.06. The fourth-order valence-corrected chi connectivity index (χ4v) is 1.94. The van der Waals surface area contributed by atoms with Crippen LogP contribution in [-0.4, -0.2) is 26.1 Å². The van der Waals surface area contributed by atoms with Gasteiger partial charge in [0.2, 0.25) is 10.0 Å². The summed E-state index contributed by atoms with van der Waals surface area (Å²) < 4.78 is 24.3. The van der Waals surface area contributed by atoms with E-state index in [2.05, 4.69) is 4.72 Å². The van der Waals surface area contributed by atoms with Crippen molar-refractivity contribution in [2.45, 2.75) is 25.6 Å². The van der Waals surface area contributed by atoms with Crippen LogP contribution < -0.4 is 4.72 Å². The molecule has 0 aromatic heterocycles. The summed E-state index contributed by atoms with van der Waals surface area (Å²) in [7, 11) is -3.06. The Balaban J connectivity index is 3.74. The van der Waals surface area contributed by atoms with E-state index in [-0.39, 0.29) is 11.1 Å². The Kier molecular flexibility index (Phi) is 5.04. The highest BCUT2D eigenvalue weighted by atomic mass is 35.5. The summed E-state index contributed by atoms with van der Waals surface area (Å²) in [5, 5.41) is -0.151. The summed E-state index contributed by atoms with van der Waals surface area (Å²) in [6, 6.07) is 0. The first-order valence-corrected chi connectivity index (χ1v) is 5.68. The van der Waals surface area contributed by atoms with Gasteiger partial charge < -0.3 is 0 Å². The Bertz CT molecular complexity index is 189. The van der Waals surface area contributed by atoms with Crippen molar-refractivity contribution in [1.29, 1.82) is 0 Å². The topological polar surface area (TPSA) is 46.2 Å². The first-order chi connectivity index (χ1) is 4.98. The predicted octanol–water partition coefficient (Wildman–Crippen LogP) is 0.943. The van der Waals surface area contributed by atoms with Gasteiger partial charge in [-0.3, -0.25) is 0 Å². The molecule has 68 valence electrons. The molecule has 0 spiro atoms. The van der Waals surface area contributed by atoms with E-state index in [4.69, 9.17) is 11.6 Å². The van der Waals surface area contributed by atoms with Crippen molar-refractivity contribution in [2.75, 3.05) is 12.3 Å². The molecule has 5 heteroatoms. The van der Waals surface area contributed by atoms with Crippen LogP contribution in [0.2, 0.25) is 0 Å². The summed E-state index contributed by atoms with van der Waals surface area (Å²) in [5.74, 6) is 0.177. The van der Waals surface area contributed by atoms with Crippen LogP contribution in [0.5, 0.6) is 0 Å². The lowest BCUT2D eigenvalue weighted by Crippen LogP contribution is -2.30. The Morgan fingerprint density at radius 1 is 1.55 bits per heavy atom. The maximum Gasteiger partial charge on any atom is 0.211 e. The monoisotopic (exact) mass is 199 g/mol. The second-order valence-electron chi connectivity index (χ2n) is 2.45. The van der Waals surface area contributed by atoms with Crippen LogP contribution >= 0.6 is 11.6 Å². The number of alkyl halides is 1. The van der Waals surface area contributed by atoms with Gasteiger partial charge in [0.05, 0.1) is 5.75 Å². The minimum Gasteiger partial charge on any atom is -0.214 e. The lowest BCUT2D eigenvalue weighted by atomic mass is 10.5. The average Bonchev–Trinajstić information content (AvgIpc) is 1.84. The van der Waals surface area contributed by atoms with Gasteiger partial charge in [0.15, 0.2) is 0 Å². The van der Waals surface area contributed by atoms with Gasteiger partial charge in [0.1, 0.15) is 0 Å². The van der Waals surface area contributed by atoms with E-state index in [9.17, 15) is 8.42 Å². The molecule has 0 radical (unpaired) electrons. The van der Waals surface area contributed by atoms with Crippen molar-refractivity contribution in [2.24, 2.45) is 0 Å². The van der Waals surface area contributed by atoms with Crippen molar-refractivity contribution in [1.82, 2.24) is 4.72 Å². The number of rotatable bonds is 5. The summed E-state index contributed by atoms with van der Waals surface area (Å²) in [4.78, 5) is 0. The van der Waals surface area contributed by atoms with Crippen molar-refractivity contribution < 1.29 is 8.42 Å². The maximum absolute atomic E-state index is 11.0. The van der Waals surface area contributed by atoms with Crippen molar-refractivity contribution in [3.63, 3.8) is 0 Å². The molecule has 1 atom stereocenters. The zero-order valence-electron chi connectivity index (χ0n) is 6.80. The molecule has 3 nitrogen and oxygen atoms in total. The highest BCUT2D eigenvalue weighted by Gasteiger charge is 2.08. The molecule has 0 saturated carbocycles. The van der Waals surface area contributed by atoms with Crippen molar-refractivity contribution in [3.8, 4) is 0 Å². The standard InChI is InChI=1S/C6H14ClNO2S/c1-3-4-11(9,10)8-5-6(2)7/h6,8H,3-5H2,1-2H3. The lowest BCUT2D eigenvalue weighted by molar-refractivity contribution is 0.580. The Morgan fingerprint density at radius 2 is 2.09 bits per heavy atom. The molecule has 0 aromatic rings. The van der Waals surface area contributed by atoms with Crippen molar-refractivity contribution >= 4 is 21.6 Å². The van der Waals surface area contributed by atoms with E-state index in [0.29, 0.717) is 13.0 Å². The van der Waals surface area contributed by atoms with E-state index in [1.165, 1.54) is 0 Å². The molecule has 0 aliphatic carbocycles. The highest BCUT2D eigenvalue weighted by Crippen LogP contribution is 1.93. The van der Waals surface area contributed by atoms with Gasteiger partial charge in [0, 0.05) is 11.9 Å². The zero-order valence-corrected chi connectivity index (χ0v) is 8.37. The third-order valence-corrected chi connectivity index (χ3v) is 2.76. The summed E-state index contributed by atoms with van der Waals surface area (Å²) in [5.41, 5.74) is 0. The Hall–Kier alpha value is 0.200. The normalized spacial score (nSPS) is 14.8. The van der Waals surface area contributed by atoms with Crippen LogP contribution in [0.15, 0.2) is 0 Å². The molecule has 1 N–H and O–H groups in total. The van der Waals surface area contributed by atoms with E-state index in [1.54, 1.807) is 6.92 Å². The highest BCUT2D eigenvalue weighted by molar-refractivity contribution is 7.89. The second-order valence-corrected chi connectivity index (χ2v) is 5.12. The van der Waals surface area contributed by atoms with Crippen LogP contribution in [0.1, 0.15) is 20.3 Å². The quantitative estimate of drug-likeness (QED) is 0.670. The molecular formula is C6H14ClNO2S. The molecule has 0 aliphatic heterocycles. The first-order valence-electron chi connectivity index (χ1n) is 3.59. The fourth-order valence-electron chi connectivity index (χ4n) is 0.583. The molecule has 0 aliphatic rings. The molecular weight excluding hydrogens is 186 g/mol. The van der Waals surface area contributed by atoms with Crippen molar-refractivity contribution in [3.05, 3.63) is 0 Å². The van der Waals surface area contributed by atoms with Crippen LogP contribution in [0.3, 0.4) is 0 Å². The fraction of sp³-hybridized carbons (Fsp3) is 1.00.